The van der Waals surface area contributed by atoms with Gasteiger partial charge >= 0.3 is 17.9 Å². The van der Waals surface area contributed by atoms with Crippen molar-refractivity contribution in [2.24, 2.45) is 57.2 Å². The van der Waals surface area contributed by atoms with E-state index in [1.165, 1.54) is 5.57 Å². The third-order valence-corrected chi connectivity index (χ3v) is 18.7. The molecule has 17 heteroatoms. The number of esters is 3. The van der Waals surface area contributed by atoms with Gasteiger partial charge in [0, 0.05) is 23.7 Å². The lowest BCUT2D eigenvalue weighted by atomic mass is 9.45. The van der Waals surface area contributed by atoms with Crippen molar-refractivity contribution in [2.45, 2.75) is 141 Å². The minimum absolute atomic E-state index is 0.0233. The van der Waals surface area contributed by atoms with Gasteiger partial charge in [0.05, 0.1) is 12.2 Å². The predicted molar refractivity (Wildman–Crippen MR) is 237 cm³/mol. The number of hydrogen-bond acceptors (Lipinski definition) is 14. The number of carbonyl (C=O) groups is 7. The van der Waals surface area contributed by atoms with Crippen molar-refractivity contribution in [3.63, 3.8) is 0 Å². The summed E-state index contributed by atoms with van der Waals surface area (Å²) in [5.41, 5.74) is -2.70. The first-order valence-electron chi connectivity index (χ1n) is 23.0. The van der Waals surface area contributed by atoms with E-state index < -0.39 is 76.9 Å². The summed E-state index contributed by atoms with van der Waals surface area (Å²) < 4.78 is 8.91. The normalized spacial score (nSPS) is 42.2. The zero-order chi connectivity index (χ0) is 48.1. The molecule has 14 atom stereocenters. The highest BCUT2D eigenvalue weighted by Gasteiger charge is 2.70. The molecule has 0 unspecified atom stereocenters. The van der Waals surface area contributed by atoms with Crippen LogP contribution in [0.25, 0.3) is 0 Å². The number of ketones is 4. The van der Waals surface area contributed by atoms with Crippen LogP contribution >= 0.6 is 34.8 Å². The van der Waals surface area contributed by atoms with E-state index in [1.807, 2.05) is 13.8 Å². The number of aliphatic hydroxyl groups is 5. The van der Waals surface area contributed by atoms with Gasteiger partial charge in [-0.15, -0.1) is 34.8 Å². The van der Waals surface area contributed by atoms with Gasteiger partial charge in [0.2, 0.25) is 5.78 Å². The lowest BCUT2D eigenvalue weighted by molar-refractivity contribution is -0.184. The van der Waals surface area contributed by atoms with E-state index in [1.54, 1.807) is 12.2 Å². The van der Waals surface area contributed by atoms with Gasteiger partial charge in [-0.1, -0.05) is 38.8 Å². The first-order chi connectivity index (χ1) is 30.4. The standard InChI is InChI=1S/C23H31ClO6.C21H30O5.C4H4Cl2O3/c1-21-7-5-14(25)9-13(21)3-4-15-16-6-8-23(29,18(27)12-30-19(28)11-24)22(16,2)10-17(26)20(15)21;1-19-7-5-13(23)9-12(19)3-4-14-15-6-8-21(26,17(25)11-22)20(15,2)10-16(24)18(14)19;5-1-3(7)9-4(8)2-6/h9,15-17,20,26,29H,3-8,10-12H2,1-2H3;9,14-16,18,22,24,26H,3-8,10-11H2,1-2H3;1-2H2/t15-,16-,17-,20+,21-,22-,23-;14-,15-,16-,18+,19-,20-,21-;/m00./s1. The van der Waals surface area contributed by atoms with E-state index >= 15 is 0 Å². The Hall–Kier alpha value is -2.56. The Morgan fingerprint density at radius 1 is 0.615 bits per heavy atom. The lowest BCUT2D eigenvalue weighted by Crippen LogP contribution is -2.62. The fourth-order valence-corrected chi connectivity index (χ4v) is 15.1. The van der Waals surface area contributed by atoms with Crippen molar-refractivity contribution < 1.29 is 68.6 Å². The molecule has 0 spiro atoms. The topological polar surface area (TPSA) is 239 Å². The first-order valence-corrected chi connectivity index (χ1v) is 24.6. The first kappa shape index (κ1) is 51.8. The molecular formula is C48H65Cl3O14. The number of ether oxygens (including phenoxy) is 2. The highest BCUT2D eigenvalue weighted by Crippen LogP contribution is 2.69. The number of Topliss-reactive ketones (excluding diaryl/α,β-unsaturated/α-hetero) is 2. The Kier molecular flexibility index (Phi) is 15.5. The number of carbonyl (C=O) groups excluding carboxylic acids is 7. The van der Waals surface area contributed by atoms with Gasteiger partial charge in [-0.3, -0.25) is 33.6 Å². The second-order valence-electron chi connectivity index (χ2n) is 20.9. The zero-order valence-electron chi connectivity index (χ0n) is 37.8. The fourth-order valence-electron chi connectivity index (χ4n) is 14.9. The van der Waals surface area contributed by atoms with Crippen LogP contribution in [0.1, 0.15) is 118 Å². The molecule has 362 valence electrons. The fraction of sp³-hybridized carbons (Fsp3) is 0.771. The zero-order valence-corrected chi connectivity index (χ0v) is 40.0. The third-order valence-electron chi connectivity index (χ3n) is 18.1. The molecule has 8 rings (SSSR count). The average molecular weight is 972 g/mol. The maximum absolute atomic E-state index is 12.9. The quantitative estimate of drug-likeness (QED) is 0.124. The van der Waals surface area contributed by atoms with Crippen LogP contribution < -0.4 is 0 Å². The maximum Gasteiger partial charge on any atom is 0.328 e. The molecule has 8 aliphatic rings. The van der Waals surface area contributed by atoms with Crippen LogP contribution in [0.3, 0.4) is 0 Å². The molecule has 6 saturated carbocycles. The summed E-state index contributed by atoms with van der Waals surface area (Å²) in [5.74, 6) is -3.15. The van der Waals surface area contributed by atoms with Crippen LogP contribution in [0.15, 0.2) is 23.3 Å². The van der Waals surface area contributed by atoms with Crippen molar-refractivity contribution in [1.29, 1.82) is 0 Å². The third kappa shape index (κ3) is 8.87. The predicted octanol–water partition coefficient (Wildman–Crippen LogP) is 4.89. The molecule has 0 saturated heterocycles. The van der Waals surface area contributed by atoms with Gasteiger partial charge < -0.3 is 35.0 Å². The Morgan fingerprint density at radius 2 is 1.02 bits per heavy atom. The van der Waals surface area contributed by atoms with Crippen LogP contribution in [-0.2, 0) is 43.0 Å². The molecule has 6 fully saturated rings. The van der Waals surface area contributed by atoms with Crippen molar-refractivity contribution >= 4 is 75.8 Å². The second-order valence-corrected chi connectivity index (χ2v) is 21.7. The Morgan fingerprint density at radius 3 is 1.40 bits per heavy atom. The molecule has 0 radical (unpaired) electrons. The molecule has 0 amide bonds. The molecular weight excluding hydrogens is 907 g/mol. The molecule has 0 heterocycles. The maximum atomic E-state index is 12.9. The van der Waals surface area contributed by atoms with E-state index in [0.717, 1.165) is 50.5 Å². The number of allylic oxidation sites excluding steroid dienone is 2. The van der Waals surface area contributed by atoms with Gasteiger partial charge in [-0.25, -0.2) is 0 Å². The second kappa shape index (κ2) is 19.4. The van der Waals surface area contributed by atoms with Gasteiger partial charge in [0.15, 0.2) is 24.0 Å². The van der Waals surface area contributed by atoms with Crippen LogP contribution in [-0.4, -0.2) is 121 Å². The Balaban J connectivity index is 0.000000183. The van der Waals surface area contributed by atoms with Gasteiger partial charge in [0.25, 0.3) is 0 Å². The summed E-state index contributed by atoms with van der Waals surface area (Å²) in [5, 5.41) is 54.5. The summed E-state index contributed by atoms with van der Waals surface area (Å²) in [4.78, 5) is 80.8. The largest absolute Gasteiger partial charge is 0.457 e. The molecule has 14 nitrogen and oxygen atoms in total. The summed E-state index contributed by atoms with van der Waals surface area (Å²) in [6, 6.07) is 0. The van der Waals surface area contributed by atoms with Gasteiger partial charge in [-0.05, 0) is 136 Å². The number of rotatable bonds is 8. The molecule has 0 aromatic rings. The SMILES string of the molecule is C[C@]12CCC(=O)C=C1CC[C@@H]1[C@@H]2[C@@H](O)C[C@@]2(C)[C@H]1CC[C@]2(O)C(=O)CO.C[C@]12CCC(=O)C=C1CC[C@@H]1[C@@H]2[C@@H](O)C[C@@]2(C)[C@H]1CC[C@]2(O)C(=O)COC(=O)CCl.O=C(CCl)OC(=O)CCl. The monoisotopic (exact) mass is 970 g/mol. The summed E-state index contributed by atoms with van der Waals surface area (Å²) in [6.45, 7) is 7.04. The summed E-state index contributed by atoms with van der Waals surface area (Å²) in [7, 11) is 0. The van der Waals surface area contributed by atoms with E-state index in [-0.39, 0.29) is 75.5 Å². The van der Waals surface area contributed by atoms with E-state index in [9.17, 15) is 59.1 Å². The number of hydrogen-bond donors (Lipinski definition) is 5. The lowest BCUT2D eigenvalue weighted by Gasteiger charge is -2.60. The van der Waals surface area contributed by atoms with Crippen LogP contribution in [0, 0.1) is 57.2 Å². The molecule has 0 bridgehead atoms. The molecule has 5 N–H and O–H groups in total. The molecule has 65 heavy (non-hydrogen) atoms. The van der Waals surface area contributed by atoms with E-state index in [4.69, 9.17) is 39.5 Å². The van der Waals surface area contributed by atoms with Crippen LogP contribution in [0.4, 0.5) is 0 Å². The van der Waals surface area contributed by atoms with Crippen molar-refractivity contribution in [2.75, 3.05) is 30.9 Å². The number of halogens is 3. The molecule has 0 aromatic heterocycles. The summed E-state index contributed by atoms with van der Waals surface area (Å²) in [6.07, 6.45) is 11.1. The number of aliphatic hydroxyl groups excluding tert-OH is 3. The molecule has 0 aliphatic heterocycles. The van der Waals surface area contributed by atoms with E-state index in [2.05, 4.69) is 18.6 Å². The number of alkyl halides is 3. The van der Waals surface area contributed by atoms with E-state index in [0.29, 0.717) is 44.9 Å². The number of fused-ring (bicyclic) bond motifs is 10. The van der Waals surface area contributed by atoms with Gasteiger partial charge in [-0.2, -0.15) is 0 Å². The van der Waals surface area contributed by atoms with Crippen LogP contribution in [0.5, 0.6) is 0 Å². The highest BCUT2D eigenvalue weighted by molar-refractivity contribution is 6.29. The summed E-state index contributed by atoms with van der Waals surface area (Å²) >= 11 is 15.4. The average Bonchev–Trinajstić information content (AvgIpc) is 3.70. The molecule has 8 aliphatic carbocycles. The Labute approximate surface area is 395 Å². The van der Waals surface area contributed by atoms with Gasteiger partial charge in [0.1, 0.15) is 35.4 Å². The minimum atomic E-state index is -1.63. The molecule has 0 aromatic carbocycles. The Bertz CT molecular complexity index is 1990. The van der Waals surface area contributed by atoms with Crippen LogP contribution in [0.2, 0.25) is 0 Å². The van der Waals surface area contributed by atoms with Crippen molar-refractivity contribution in [3.05, 3.63) is 23.3 Å². The van der Waals surface area contributed by atoms with Crippen molar-refractivity contribution in [1.82, 2.24) is 0 Å². The van der Waals surface area contributed by atoms with Crippen molar-refractivity contribution in [3.8, 4) is 0 Å². The highest BCUT2D eigenvalue weighted by atomic mass is 35.5. The smallest absolute Gasteiger partial charge is 0.328 e. The minimum Gasteiger partial charge on any atom is -0.457 e.